The van der Waals surface area contributed by atoms with Crippen molar-refractivity contribution in [2.24, 2.45) is 0 Å². The number of fused-ring (bicyclic) bond motifs is 1. The molecule has 2 heteroatoms. The Hall–Kier alpha value is -1.15. The molecular weight excluding hydrogens is 164 g/mol. The van der Waals surface area contributed by atoms with Gasteiger partial charge in [0.2, 0.25) is 0 Å². The molecular formula is C11H10O2. The van der Waals surface area contributed by atoms with Gasteiger partial charge in [-0.05, 0) is 18.4 Å². The van der Waals surface area contributed by atoms with E-state index in [1.165, 1.54) is 5.56 Å². The van der Waals surface area contributed by atoms with Gasteiger partial charge in [-0.3, -0.25) is 4.79 Å². The number of ether oxygens (including phenoxy) is 1. The SMILES string of the molecule is O=C1c2ccccc2CC[C@@]12CO2. The maximum absolute atomic E-state index is 11.9. The summed E-state index contributed by atoms with van der Waals surface area (Å²) in [6.45, 7) is 0.625. The molecule has 1 aliphatic carbocycles. The van der Waals surface area contributed by atoms with Crippen LogP contribution in [0.2, 0.25) is 0 Å². The predicted octanol–water partition coefficient (Wildman–Crippen LogP) is 1.58. The lowest BCUT2D eigenvalue weighted by Crippen LogP contribution is -2.30. The Morgan fingerprint density at radius 2 is 2.08 bits per heavy atom. The Balaban J connectivity index is 2.13. The van der Waals surface area contributed by atoms with E-state index in [0.29, 0.717) is 6.61 Å². The third-order valence-corrected chi connectivity index (χ3v) is 2.97. The Bertz CT molecular complexity index is 377. The van der Waals surface area contributed by atoms with Crippen molar-refractivity contribution in [3.05, 3.63) is 35.4 Å². The van der Waals surface area contributed by atoms with E-state index in [2.05, 4.69) is 0 Å². The van der Waals surface area contributed by atoms with Crippen LogP contribution < -0.4 is 0 Å². The van der Waals surface area contributed by atoms with Gasteiger partial charge in [-0.1, -0.05) is 24.3 Å². The number of carbonyl (C=O) groups excluding carboxylic acids is 1. The molecule has 1 aromatic rings. The first-order chi connectivity index (χ1) is 6.32. The fourth-order valence-electron chi connectivity index (χ4n) is 2.02. The van der Waals surface area contributed by atoms with E-state index in [9.17, 15) is 4.79 Å². The van der Waals surface area contributed by atoms with Crippen LogP contribution in [0.1, 0.15) is 22.3 Å². The van der Waals surface area contributed by atoms with Gasteiger partial charge in [0.15, 0.2) is 11.4 Å². The highest BCUT2D eigenvalue weighted by Gasteiger charge is 2.53. The van der Waals surface area contributed by atoms with Gasteiger partial charge >= 0.3 is 0 Å². The van der Waals surface area contributed by atoms with E-state index < -0.39 is 5.60 Å². The van der Waals surface area contributed by atoms with Gasteiger partial charge in [0, 0.05) is 5.56 Å². The lowest BCUT2D eigenvalue weighted by Gasteiger charge is -2.19. The molecule has 0 aromatic heterocycles. The number of benzene rings is 1. The van der Waals surface area contributed by atoms with E-state index >= 15 is 0 Å². The summed E-state index contributed by atoms with van der Waals surface area (Å²) in [5, 5.41) is 0. The summed E-state index contributed by atoms with van der Waals surface area (Å²) < 4.78 is 5.26. The molecule has 1 heterocycles. The summed E-state index contributed by atoms with van der Waals surface area (Å²) in [4.78, 5) is 11.9. The molecule has 0 unspecified atom stereocenters. The first-order valence-corrected chi connectivity index (χ1v) is 4.58. The average Bonchev–Trinajstić information content (AvgIpc) is 2.94. The molecule has 1 atom stereocenters. The van der Waals surface area contributed by atoms with E-state index in [4.69, 9.17) is 4.74 Å². The predicted molar refractivity (Wildman–Crippen MR) is 47.8 cm³/mol. The number of aryl methyl sites for hydroxylation is 1. The van der Waals surface area contributed by atoms with Gasteiger partial charge < -0.3 is 4.74 Å². The van der Waals surface area contributed by atoms with Crippen LogP contribution in [0.15, 0.2) is 24.3 Å². The molecule has 3 rings (SSSR count). The molecule has 13 heavy (non-hydrogen) atoms. The zero-order valence-electron chi connectivity index (χ0n) is 7.25. The monoisotopic (exact) mass is 174 g/mol. The minimum absolute atomic E-state index is 0.189. The lowest BCUT2D eigenvalue weighted by atomic mass is 9.83. The summed E-state index contributed by atoms with van der Waals surface area (Å²) in [7, 11) is 0. The van der Waals surface area contributed by atoms with Crippen LogP contribution in [-0.2, 0) is 11.2 Å². The highest BCUT2D eigenvalue weighted by Crippen LogP contribution is 2.40. The molecule has 1 aromatic carbocycles. The van der Waals surface area contributed by atoms with Crippen LogP contribution in [0.25, 0.3) is 0 Å². The highest BCUT2D eigenvalue weighted by atomic mass is 16.6. The fourth-order valence-corrected chi connectivity index (χ4v) is 2.02. The maximum Gasteiger partial charge on any atom is 0.197 e. The molecule has 2 aliphatic rings. The number of hydrogen-bond acceptors (Lipinski definition) is 2. The molecule has 0 saturated carbocycles. The molecule has 1 fully saturated rings. The molecule has 1 aliphatic heterocycles. The van der Waals surface area contributed by atoms with Crippen molar-refractivity contribution in [1.82, 2.24) is 0 Å². The average molecular weight is 174 g/mol. The lowest BCUT2D eigenvalue weighted by molar-refractivity contribution is 0.0850. The second-order valence-corrected chi connectivity index (χ2v) is 3.77. The first kappa shape index (κ1) is 7.27. The highest BCUT2D eigenvalue weighted by molar-refractivity contribution is 6.06. The first-order valence-electron chi connectivity index (χ1n) is 4.58. The third-order valence-electron chi connectivity index (χ3n) is 2.97. The Morgan fingerprint density at radius 3 is 2.85 bits per heavy atom. The quantitative estimate of drug-likeness (QED) is 0.559. The minimum Gasteiger partial charge on any atom is -0.361 e. The standard InChI is InChI=1S/C11H10O2/c12-10-9-4-2-1-3-8(9)5-6-11(10)7-13-11/h1-4H,5-7H2/t11-/m1/s1. The molecule has 1 spiro atoms. The largest absolute Gasteiger partial charge is 0.361 e. The number of Topliss-reactive ketones (excluding diaryl/α,β-unsaturated/α-hetero) is 1. The second kappa shape index (κ2) is 2.20. The number of hydrogen-bond donors (Lipinski definition) is 0. The van der Waals surface area contributed by atoms with Crippen molar-refractivity contribution in [3.8, 4) is 0 Å². The van der Waals surface area contributed by atoms with Gasteiger partial charge in [-0.25, -0.2) is 0 Å². The fraction of sp³-hybridized carbons (Fsp3) is 0.364. The Labute approximate surface area is 76.5 Å². The molecule has 1 saturated heterocycles. The molecule has 0 N–H and O–H groups in total. The number of ketones is 1. The van der Waals surface area contributed by atoms with Crippen LogP contribution in [0.4, 0.5) is 0 Å². The summed E-state index contributed by atoms with van der Waals surface area (Å²) in [6, 6.07) is 7.83. The number of epoxide rings is 1. The van der Waals surface area contributed by atoms with Gasteiger partial charge in [0.05, 0.1) is 6.61 Å². The van der Waals surface area contributed by atoms with Crippen molar-refractivity contribution in [3.63, 3.8) is 0 Å². The second-order valence-electron chi connectivity index (χ2n) is 3.77. The summed E-state index contributed by atoms with van der Waals surface area (Å²) in [5.74, 6) is 0.189. The van der Waals surface area contributed by atoms with Crippen LogP contribution in [0, 0.1) is 0 Å². The summed E-state index contributed by atoms with van der Waals surface area (Å²) >= 11 is 0. The number of rotatable bonds is 0. The Kier molecular flexibility index (Phi) is 1.23. The van der Waals surface area contributed by atoms with Crippen molar-refractivity contribution in [2.45, 2.75) is 18.4 Å². The normalized spacial score (nSPS) is 30.3. The van der Waals surface area contributed by atoms with Gasteiger partial charge in [-0.2, -0.15) is 0 Å². The van der Waals surface area contributed by atoms with Crippen LogP contribution >= 0.6 is 0 Å². The third kappa shape index (κ3) is 0.893. The van der Waals surface area contributed by atoms with E-state index in [1.54, 1.807) is 0 Å². The van der Waals surface area contributed by atoms with E-state index in [0.717, 1.165) is 18.4 Å². The van der Waals surface area contributed by atoms with Crippen molar-refractivity contribution in [2.75, 3.05) is 6.61 Å². The Morgan fingerprint density at radius 1 is 1.31 bits per heavy atom. The van der Waals surface area contributed by atoms with Gasteiger partial charge in [-0.15, -0.1) is 0 Å². The van der Waals surface area contributed by atoms with Crippen LogP contribution in [-0.4, -0.2) is 18.0 Å². The van der Waals surface area contributed by atoms with Crippen molar-refractivity contribution >= 4 is 5.78 Å². The smallest absolute Gasteiger partial charge is 0.197 e. The van der Waals surface area contributed by atoms with Crippen LogP contribution in [0.5, 0.6) is 0 Å². The molecule has 0 bridgehead atoms. The van der Waals surface area contributed by atoms with E-state index in [1.807, 2.05) is 24.3 Å². The minimum atomic E-state index is -0.408. The molecule has 0 radical (unpaired) electrons. The molecule has 66 valence electrons. The van der Waals surface area contributed by atoms with E-state index in [-0.39, 0.29) is 5.78 Å². The molecule has 2 nitrogen and oxygen atoms in total. The summed E-state index contributed by atoms with van der Waals surface area (Å²) in [6.07, 6.45) is 1.84. The van der Waals surface area contributed by atoms with Gasteiger partial charge in [0.25, 0.3) is 0 Å². The van der Waals surface area contributed by atoms with Crippen molar-refractivity contribution in [1.29, 1.82) is 0 Å². The molecule has 0 amide bonds. The van der Waals surface area contributed by atoms with Gasteiger partial charge in [0.1, 0.15) is 0 Å². The van der Waals surface area contributed by atoms with Crippen molar-refractivity contribution < 1.29 is 9.53 Å². The zero-order valence-corrected chi connectivity index (χ0v) is 7.25. The zero-order chi connectivity index (χ0) is 8.89. The summed E-state index contributed by atoms with van der Waals surface area (Å²) in [5.41, 5.74) is 1.63. The topological polar surface area (TPSA) is 29.6 Å². The number of carbonyl (C=O) groups is 1. The van der Waals surface area contributed by atoms with Crippen LogP contribution in [0.3, 0.4) is 0 Å². The maximum atomic E-state index is 11.9.